The van der Waals surface area contributed by atoms with Gasteiger partial charge in [0.2, 0.25) is 5.91 Å². The molecule has 1 spiro atoms. The van der Waals surface area contributed by atoms with Crippen molar-refractivity contribution in [3.8, 4) is 11.3 Å². The monoisotopic (exact) mass is 1010 g/mol. The van der Waals surface area contributed by atoms with Crippen molar-refractivity contribution in [2.24, 2.45) is 16.7 Å². The summed E-state index contributed by atoms with van der Waals surface area (Å²) >= 11 is 0. The number of esters is 1. The van der Waals surface area contributed by atoms with Gasteiger partial charge in [0.15, 0.2) is 0 Å². The van der Waals surface area contributed by atoms with Crippen molar-refractivity contribution < 1.29 is 33.3 Å². The Morgan fingerprint density at radius 3 is 2.63 bits per heavy atom. The number of benzene rings is 1. The number of likely N-dealkylation sites (tertiary alicyclic amines) is 1. The number of carbonyl (C=O) groups excluding carboxylic acids is 3. The Labute approximate surface area is 432 Å². The molecule has 17 nitrogen and oxygen atoms in total. The summed E-state index contributed by atoms with van der Waals surface area (Å²) in [7, 11) is 1.75. The molecule has 1 aliphatic carbocycles. The molecule has 3 N–H and O–H groups in total. The maximum Gasteiger partial charge on any atom is 0.324 e. The van der Waals surface area contributed by atoms with Gasteiger partial charge < -0.3 is 43.9 Å². The van der Waals surface area contributed by atoms with Crippen LogP contribution in [-0.2, 0) is 46.3 Å². The zero-order valence-electron chi connectivity index (χ0n) is 44.3. The van der Waals surface area contributed by atoms with Gasteiger partial charge in [-0.1, -0.05) is 26.7 Å². The molecule has 7 fully saturated rings. The van der Waals surface area contributed by atoms with Gasteiger partial charge in [0.05, 0.1) is 74.0 Å². The Kier molecular flexibility index (Phi) is 14.8. The molecule has 0 radical (unpaired) electrons. The van der Waals surface area contributed by atoms with Gasteiger partial charge in [0, 0.05) is 107 Å². The number of rotatable bonds is 9. The molecule has 2 amide bonds. The summed E-state index contributed by atoms with van der Waals surface area (Å²) in [5.74, 6) is -0.416. The number of fused-ring (bicyclic) bond motifs is 7. The molecule has 2 aromatic heterocycles. The van der Waals surface area contributed by atoms with E-state index in [4.69, 9.17) is 23.9 Å². The number of hydrogen-bond acceptors (Lipinski definition) is 14. The van der Waals surface area contributed by atoms with Gasteiger partial charge in [-0.3, -0.25) is 34.2 Å². The fraction of sp³-hybridized carbons (Fsp3) is 0.714. The zero-order valence-corrected chi connectivity index (χ0v) is 44.3. The molecule has 11 rings (SSSR count). The highest BCUT2D eigenvalue weighted by molar-refractivity contribution is 5.95. The highest BCUT2D eigenvalue weighted by Gasteiger charge is 2.47. The quantitative estimate of drug-likeness (QED) is 0.249. The molecule has 7 aliphatic heterocycles. The average molecular weight is 1010 g/mol. The number of cyclic esters (lactones) is 1. The van der Waals surface area contributed by atoms with E-state index in [1.165, 1.54) is 5.56 Å². The third-order valence-corrected chi connectivity index (χ3v) is 18.1. The van der Waals surface area contributed by atoms with E-state index in [1.54, 1.807) is 12.1 Å². The fourth-order valence-corrected chi connectivity index (χ4v) is 14.0. The second-order valence-corrected chi connectivity index (χ2v) is 23.6. The summed E-state index contributed by atoms with van der Waals surface area (Å²) < 4.78 is 27.3. The van der Waals surface area contributed by atoms with Crippen LogP contribution in [0.25, 0.3) is 22.2 Å². The number of methoxy groups -OCH3 is 1. The van der Waals surface area contributed by atoms with E-state index in [2.05, 4.69) is 92.2 Å². The van der Waals surface area contributed by atoms with E-state index in [0.717, 1.165) is 150 Å². The van der Waals surface area contributed by atoms with Crippen LogP contribution in [0.15, 0.2) is 30.5 Å². The Bertz CT molecular complexity index is 2490. The molecule has 6 saturated heterocycles. The molecule has 3 aromatic rings. The molecule has 7 atom stereocenters. The largest absolute Gasteiger partial charge is 0.464 e. The number of nitrogens with zero attached hydrogens (tertiary/aromatic N) is 7. The number of piperazine rings is 1. The van der Waals surface area contributed by atoms with Crippen LogP contribution in [0, 0.1) is 16.7 Å². The number of ether oxygens (including phenoxy) is 4. The topological polar surface area (TPSA) is 158 Å². The summed E-state index contributed by atoms with van der Waals surface area (Å²) in [6, 6.07) is 7.66. The molecule has 1 aromatic carbocycles. The van der Waals surface area contributed by atoms with Gasteiger partial charge in [0.25, 0.3) is 5.91 Å². The first kappa shape index (κ1) is 50.8. The van der Waals surface area contributed by atoms with Crippen LogP contribution in [0.4, 0.5) is 11.4 Å². The van der Waals surface area contributed by atoms with Gasteiger partial charge in [0.1, 0.15) is 12.1 Å². The minimum absolute atomic E-state index is 0.0577. The normalized spacial score (nSPS) is 29.6. The second-order valence-electron chi connectivity index (χ2n) is 23.6. The Balaban J connectivity index is 0.956. The predicted octanol–water partition coefficient (Wildman–Crippen LogP) is 4.90. The third-order valence-electron chi connectivity index (χ3n) is 18.1. The molecule has 0 unspecified atom stereocenters. The van der Waals surface area contributed by atoms with Crippen LogP contribution in [0.1, 0.15) is 103 Å². The first-order chi connectivity index (χ1) is 35.4. The number of hydrazine groups is 1. The number of aryl methyl sites for hydroxylation is 1. The Hall–Kier alpha value is -4.36. The van der Waals surface area contributed by atoms with Gasteiger partial charge in [-0.05, 0) is 113 Å². The lowest BCUT2D eigenvalue weighted by Gasteiger charge is -2.44. The molecule has 73 heavy (non-hydrogen) atoms. The predicted molar refractivity (Wildman–Crippen MR) is 281 cm³/mol. The van der Waals surface area contributed by atoms with Crippen molar-refractivity contribution in [2.45, 2.75) is 135 Å². The number of aromatic nitrogens is 2. The molecular weight excluding hydrogens is 925 g/mol. The summed E-state index contributed by atoms with van der Waals surface area (Å²) in [4.78, 5) is 59.3. The van der Waals surface area contributed by atoms with Crippen molar-refractivity contribution in [3.63, 3.8) is 0 Å². The fourth-order valence-electron chi connectivity index (χ4n) is 14.0. The Morgan fingerprint density at radius 1 is 0.973 bits per heavy atom. The average Bonchev–Trinajstić information content (AvgIpc) is 4.25. The Morgan fingerprint density at radius 2 is 1.82 bits per heavy atom. The number of carbonyl (C=O) groups is 3. The minimum atomic E-state index is -0.852. The third kappa shape index (κ3) is 10.4. The number of hydrogen-bond donors (Lipinski definition) is 3. The van der Waals surface area contributed by atoms with Crippen LogP contribution in [0.5, 0.6) is 0 Å². The van der Waals surface area contributed by atoms with Crippen molar-refractivity contribution in [3.05, 3.63) is 41.7 Å². The van der Waals surface area contributed by atoms with Gasteiger partial charge in [-0.25, -0.2) is 5.43 Å². The van der Waals surface area contributed by atoms with E-state index >= 15 is 4.79 Å². The minimum Gasteiger partial charge on any atom is -0.464 e. The van der Waals surface area contributed by atoms with Crippen LogP contribution >= 0.6 is 0 Å². The van der Waals surface area contributed by atoms with E-state index in [-0.39, 0.29) is 54.0 Å². The van der Waals surface area contributed by atoms with E-state index < -0.39 is 17.5 Å². The highest BCUT2D eigenvalue weighted by atomic mass is 16.5. The van der Waals surface area contributed by atoms with Gasteiger partial charge in [-0.2, -0.15) is 0 Å². The number of amides is 2. The smallest absolute Gasteiger partial charge is 0.324 e. The SMILES string of the molecule is CCn1c(-c2cc(N3CCN4CCOC[C@@H]4C3)cnc2[C@H](C)OC)c2c3cc(ccc31)N1CCO[C@@H](C[C@H](NC(=O)[C@H](C3CCCC3)N3CC[C@]4(CCNC4)C3)C(=O)N3CCC[C@H](N3)C(=O)OCC(C)(C)C2)C1. The summed E-state index contributed by atoms with van der Waals surface area (Å²) in [5, 5.41) is 9.70. The van der Waals surface area contributed by atoms with Crippen molar-refractivity contribution in [2.75, 3.05) is 115 Å². The van der Waals surface area contributed by atoms with Crippen LogP contribution < -0.4 is 25.9 Å². The van der Waals surface area contributed by atoms with Gasteiger partial charge in [-0.15, -0.1) is 0 Å². The van der Waals surface area contributed by atoms with Crippen molar-refractivity contribution in [1.82, 2.24) is 40.4 Å². The lowest BCUT2D eigenvalue weighted by atomic mass is 9.84. The molecule has 398 valence electrons. The lowest BCUT2D eigenvalue weighted by molar-refractivity contribution is -0.156. The molecular formula is C56H82N10O7. The van der Waals surface area contributed by atoms with E-state index in [9.17, 15) is 9.59 Å². The van der Waals surface area contributed by atoms with Gasteiger partial charge >= 0.3 is 5.97 Å². The highest BCUT2D eigenvalue weighted by Crippen LogP contribution is 2.44. The molecule has 17 heteroatoms. The molecule has 6 bridgehead atoms. The summed E-state index contributed by atoms with van der Waals surface area (Å²) in [6.45, 7) is 20.8. The maximum absolute atomic E-state index is 15.0. The summed E-state index contributed by atoms with van der Waals surface area (Å²) in [6.07, 6.45) is 10.0. The molecule has 8 aliphatic rings. The lowest BCUT2D eigenvalue weighted by Crippen LogP contribution is -2.62. The number of pyridine rings is 1. The first-order valence-corrected chi connectivity index (χ1v) is 28.0. The molecule has 9 heterocycles. The first-order valence-electron chi connectivity index (χ1n) is 28.0. The van der Waals surface area contributed by atoms with Crippen molar-refractivity contribution in [1.29, 1.82) is 0 Å². The second kappa shape index (κ2) is 21.3. The van der Waals surface area contributed by atoms with Crippen LogP contribution in [-0.4, -0.2) is 178 Å². The summed E-state index contributed by atoms with van der Waals surface area (Å²) in [5.41, 5.74) is 10.5. The number of anilines is 2. The van der Waals surface area contributed by atoms with Crippen LogP contribution in [0.3, 0.4) is 0 Å². The van der Waals surface area contributed by atoms with E-state index in [1.807, 2.05) is 6.20 Å². The maximum atomic E-state index is 15.0. The van der Waals surface area contributed by atoms with E-state index in [0.29, 0.717) is 58.0 Å². The standard InChI is InChI=1S/C56H82N10O7/c1-6-65-48-14-13-39-26-43(48)45(51(65)44-27-40(30-58-49(44)37(2)70-5)62-21-20-61-22-24-71-33-41(61)31-62)29-55(3,4)36-73-54(69)46-12-9-18-66(60-46)53(68)47(28-42-32-63(39)23-25-72-42)59-52(67)50(38-10-7-8-11-38)64-19-16-56(35-64)15-17-57-34-56/h13-14,26-27,30,37-38,41-42,46-47,50,57,60H,6-12,15-25,28-29,31-36H2,1-5H3,(H,59,67)/t37-,41-,42-,46-,47-,50-,56-/m0/s1. The molecule has 1 saturated carbocycles. The van der Waals surface area contributed by atoms with Crippen LogP contribution in [0.2, 0.25) is 0 Å². The number of morpholine rings is 2. The van der Waals surface area contributed by atoms with Crippen molar-refractivity contribution >= 4 is 40.1 Å². The zero-order chi connectivity index (χ0) is 50.4. The number of nitrogens with one attached hydrogen (secondary N) is 3.